The Bertz CT molecular complexity index is 1170. The third-order valence-electron chi connectivity index (χ3n) is 7.08. The molecule has 184 valence electrons. The molecule has 4 nitrogen and oxygen atoms in total. The van der Waals surface area contributed by atoms with E-state index >= 15 is 0 Å². The zero-order valence-electron chi connectivity index (χ0n) is 20.6. The number of halogens is 1. The zero-order chi connectivity index (χ0) is 24.6. The Morgan fingerprint density at radius 2 is 1.36 bits per heavy atom. The van der Waals surface area contributed by atoms with E-state index in [1.807, 2.05) is 36.9 Å². The van der Waals surface area contributed by atoms with Crippen molar-refractivity contribution in [3.05, 3.63) is 131 Å². The molecule has 1 aliphatic rings. The van der Waals surface area contributed by atoms with Crippen molar-refractivity contribution < 1.29 is 4.39 Å². The lowest BCUT2D eigenvalue weighted by Crippen LogP contribution is -2.43. The number of nitrogens with zero attached hydrogens (tertiary/aromatic N) is 4. The Hall–Kier alpha value is -3.41. The summed E-state index contributed by atoms with van der Waals surface area (Å²) in [6, 6.07) is 24.6. The van der Waals surface area contributed by atoms with Crippen LogP contribution < -0.4 is 0 Å². The summed E-state index contributed by atoms with van der Waals surface area (Å²) in [5.41, 5.74) is 6.62. The molecule has 2 aromatic carbocycles. The van der Waals surface area contributed by atoms with E-state index in [-0.39, 0.29) is 5.82 Å². The van der Waals surface area contributed by atoms with Gasteiger partial charge in [0.25, 0.3) is 0 Å². The standard InChI is InChI=1S/C31H33FN4/c32-30-8-6-25(7-9-30)20-31-21-28-4-1-2-5-29(28)24-36(31)19-3-18-35(22-26-10-14-33-15-11-26)23-27-12-16-34-17-13-27/h1-2,4-17,31H,3,18-24H2. The number of pyridine rings is 2. The van der Waals surface area contributed by atoms with Crippen LogP contribution in [0.2, 0.25) is 0 Å². The average Bonchev–Trinajstić information content (AvgIpc) is 2.91. The highest BCUT2D eigenvalue weighted by molar-refractivity contribution is 5.31. The quantitative estimate of drug-likeness (QED) is 0.292. The highest BCUT2D eigenvalue weighted by Gasteiger charge is 2.26. The Kier molecular flexibility index (Phi) is 8.11. The summed E-state index contributed by atoms with van der Waals surface area (Å²) in [5.74, 6) is -0.173. The lowest BCUT2D eigenvalue weighted by Gasteiger charge is -2.37. The first-order valence-electron chi connectivity index (χ1n) is 12.8. The second kappa shape index (κ2) is 12.0. The molecule has 1 unspecified atom stereocenters. The Labute approximate surface area is 213 Å². The van der Waals surface area contributed by atoms with E-state index in [2.05, 4.69) is 68.3 Å². The van der Waals surface area contributed by atoms with Crippen LogP contribution in [0, 0.1) is 5.82 Å². The molecule has 2 aromatic heterocycles. The summed E-state index contributed by atoms with van der Waals surface area (Å²) in [7, 11) is 0. The summed E-state index contributed by atoms with van der Waals surface area (Å²) in [5, 5.41) is 0. The minimum atomic E-state index is -0.173. The Morgan fingerprint density at radius 3 is 2.00 bits per heavy atom. The topological polar surface area (TPSA) is 32.3 Å². The Balaban J connectivity index is 1.26. The van der Waals surface area contributed by atoms with Crippen molar-refractivity contribution in [2.24, 2.45) is 0 Å². The molecule has 1 aliphatic heterocycles. The van der Waals surface area contributed by atoms with Crippen molar-refractivity contribution in [1.82, 2.24) is 19.8 Å². The highest BCUT2D eigenvalue weighted by atomic mass is 19.1. The van der Waals surface area contributed by atoms with E-state index in [1.165, 1.54) is 27.8 Å². The molecule has 4 aromatic rings. The van der Waals surface area contributed by atoms with Gasteiger partial charge in [-0.25, -0.2) is 4.39 Å². The average molecular weight is 481 g/mol. The molecule has 36 heavy (non-hydrogen) atoms. The van der Waals surface area contributed by atoms with E-state index in [0.717, 1.165) is 52.0 Å². The van der Waals surface area contributed by atoms with Gasteiger partial charge >= 0.3 is 0 Å². The van der Waals surface area contributed by atoms with Gasteiger partial charge in [-0.05, 0) is 83.5 Å². The first kappa shape index (κ1) is 24.3. The molecule has 0 amide bonds. The molecule has 0 spiro atoms. The number of hydrogen-bond acceptors (Lipinski definition) is 4. The number of benzene rings is 2. The second-order valence-electron chi connectivity index (χ2n) is 9.70. The van der Waals surface area contributed by atoms with Crippen molar-refractivity contribution in [2.75, 3.05) is 13.1 Å². The molecule has 0 aliphatic carbocycles. The maximum absolute atomic E-state index is 13.5. The zero-order valence-corrected chi connectivity index (χ0v) is 20.6. The monoisotopic (exact) mass is 480 g/mol. The summed E-state index contributed by atoms with van der Waals surface area (Å²) in [6.07, 6.45) is 10.5. The maximum atomic E-state index is 13.5. The van der Waals surface area contributed by atoms with Crippen LogP contribution in [0.5, 0.6) is 0 Å². The molecule has 1 atom stereocenters. The normalized spacial score (nSPS) is 15.7. The minimum Gasteiger partial charge on any atom is -0.295 e. The van der Waals surface area contributed by atoms with Gasteiger partial charge in [0, 0.05) is 63.6 Å². The molecule has 0 bridgehead atoms. The number of aromatic nitrogens is 2. The second-order valence-corrected chi connectivity index (χ2v) is 9.70. The van der Waals surface area contributed by atoms with Gasteiger partial charge in [0.15, 0.2) is 0 Å². The van der Waals surface area contributed by atoms with Gasteiger partial charge in [-0.15, -0.1) is 0 Å². The molecule has 0 saturated heterocycles. The predicted octanol–water partition coefficient (Wildman–Crippen LogP) is 5.68. The molecule has 3 heterocycles. The largest absolute Gasteiger partial charge is 0.295 e. The number of rotatable bonds is 10. The highest BCUT2D eigenvalue weighted by Crippen LogP contribution is 2.26. The predicted molar refractivity (Wildman–Crippen MR) is 142 cm³/mol. The van der Waals surface area contributed by atoms with Crippen LogP contribution >= 0.6 is 0 Å². The lowest BCUT2D eigenvalue weighted by molar-refractivity contribution is 0.153. The third-order valence-corrected chi connectivity index (χ3v) is 7.08. The van der Waals surface area contributed by atoms with Gasteiger partial charge in [-0.3, -0.25) is 19.8 Å². The van der Waals surface area contributed by atoms with Crippen molar-refractivity contribution in [1.29, 1.82) is 0 Å². The molecule has 0 radical (unpaired) electrons. The van der Waals surface area contributed by atoms with Gasteiger partial charge in [0.05, 0.1) is 0 Å². The first-order chi connectivity index (χ1) is 17.7. The van der Waals surface area contributed by atoms with E-state index in [0.29, 0.717) is 6.04 Å². The molecule has 5 rings (SSSR count). The Morgan fingerprint density at radius 1 is 0.750 bits per heavy atom. The third kappa shape index (κ3) is 6.62. The molecular formula is C31H33FN4. The summed E-state index contributed by atoms with van der Waals surface area (Å²) in [4.78, 5) is 13.5. The van der Waals surface area contributed by atoms with Crippen molar-refractivity contribution >= 4 is 0 Å². The van der Waals surface area contributed by atoms with E-state index in [1.54, 1.807) is 12.1 Å². The molecule has 0 N–H and O–H groups in total. The molecule has 5 heteroatoms. The van der Waals surface area contributed by atoms with Crippen LogP contribution in [-0.2, 0) is 32.5 Å². The van der Waals surface area contributed by atoms with Crippen molar-refractivity contribution in [3.63, 3.8) is 0 Å². The smallest absolute Gasteiger partial charge is 0.123 e. The summed E-state index contributed by atoms with van der Waals surface area (Å²) in [6.45, 7) is 4.80. The van der Waals surface area contributed by atoms with Crippen LogP contribution in [0.3, 0.4) is 0 Å². The van der Waals surface area contributed by atoms with Gasteiger partial charge in [0.1, 0.15) is 5.82 Å². The van der Waals surface area contributed by atoms with Crippen molar-refractivity contribution in [3.8, 4) is 0 Å². The van der Waals surface area contributed by atoms with E-state index < -0.39 is 0 Å². The van der Waals surface area contributed by atoms with Crippen LogP contribution in [0.15, 0.2) is 97.6 Å². The van der Waals surface area contributed by atoms with Gasteiger partial charge in [0.2, 0.25) is 0 Å². The van der Waals surface area contributed by atoms with Gasteiger partial charge in [-0.1, -0.05) is 36.4 Å². The number of fused-ring (bicyclic) bond motifs is 1. The van der Waals surface area contributed by atoms with Crippen LogP contribution in [0.4, 0.5) is 4.39 Å². The minimum absolute atomic E-state index is 0.173. The molecular weight excluding hydrogens is 447 g/mol. The van der Waals surface area contributed by atoms with E-state index in [4.69, 9.17) is 0 Å². The maximum Gasteiger partial charge on any atom is 0.123 e. The first-order valence-corrected chi connectivity index (χ1v) is 12.8. The number of hydrogen-bond donors (Lipinski definition) is 0. The van der Waals surface area contributed by atoms with Gasteiger partial charge < -0.3 is 0 Å². The summed E-state index contributed by atoms with van der Waals surface area (Å²) < 4.78 is 13.5. The fraction of sp³-hybridized carbons (Fsp3) is 0.290. The van der Waals surface area contributed by atoms with Crippen LogP contribution in [0.25, 0.3) is 0 Å². The van der Waals surface area contributed by atoms with Crippen LogP contribution in [0.1, 0.15) is 34.2 Å². The van der Waals surface area contributed by atoms with Gasteiger partial charge in [-0.2, -0.15) is 0 Å². The van der Waals surface area contributed by atoms with Crippen LogP contribution in [-0.4, -0.2) is 38.9 Å². The SMILES string of the molecule is Fc1ccc(CC2Cc3ccccc3CN2CCCN(Cc2ccncc2)Cc2ccncc2)cc1. The fourth-order valence-electron chi connectivity index (χ4n) is 5.20. The summed E-state index contributed by atoms with van der Waals surface area (Å²) >= 11 is 0. The lowest BCUT2D eigenvalue weighted by atomic mass is 9.90. The van der Waals surface area contributed by atoms with E-state index in [9.17, 15) is 4.39 Å². The molecule has 0 fully saturated rings. The fourth-order valence-corrected chi connectivity index (χ4v) is 5.20. The van der Waals surface area contributed by atoms with Crippen molar-refractivity contribution in [2.45, 2.75) is 44.9 Å². The molecule has 0 saturated carbocycles.